The van der Waals surface area contributed by atoms with Gasteiger partial charge in [0, 0.05) is 19.8 Å². The Labute approximate surface area is 75.2 Å². The molecular formula is C8H12N2O3. The van der Waals surface area contributed by atoms with Gasteiger partial charge in [-0.3, -0.25) is 9.13 Å². The van der Waals surface area contributed by atoms with E-state index in [4.69, 9.17) is 5.11 Å². The van der Waals surface area contributed by atoms with Gasteiger partial charge in [0.15, 0.2) is 0 Å². The number of carbonyl (C=O) groups is 1. The lowest BCUT2D eigenvalue weighted by Gasteiger charge is -1.93. The van der Waals surface area contributed by atoms with Gasteiger partial charge in [-0.05, 0) is 6.42 Å². The largest absolute Gasteiger partial charge is 0.477 e. The summed E-state index contributed by atoms with van der Waals surface area (Å²) < 4.78 is 2.54. The number of imidazole rings is 1. The lowest BCUT2D eigenvalue weighted by atomic mass is 10.4. The Morgan fingerprint density at radius 3 is 2.62 bits per heavy atom. The molecule has 5 heteroatoms. The van der Waals surface area contributed by atoms with Crippen molar-refractivity contribution in [2.75, 3.05) is 0 Å². The van der Waals surface area contributed by atoms with E-state index in [0.29, 0.717) is 6.54 Å². The lowest BCUT2D eigenvalue weighted by molar-refractivity contribution is 0.0686. The quantitative estimate of drug-likeness (QED) is 0.734. The standard InChI is InChI=1S/C8H12N2O3/c1-3-4-10-5-6(7(11)12)9(2)8(10)13/h5H,3-4H2,1-2H3,(H,11,12). The van der Waals surface area contributed by atoms with Gasteiger partial charge in [-0.1, -0.05) is 6.92 Å². The van der Waals surface area contributed by atoms with E-state index in [1.54, 1.807) is 0 Å². The summed E-state index contributed by atoms with van der Waals surface area (Å²) in [5.74, 6) is -1.07. The normalized spacial score (nSPS) is 10.3. The van der Waals surface area contributed by atoms with E-state index < -0.39 is 5.97 Å². The summed E-state index contributed by atoms with van der Waals surface area (Å²) in [6.07, 6.45) is 2.18. The van der Waals surface area contributed by atoms with Gasteiger partial charge < -0.3 is 5.11 Å². The highest BCUT2D eigenvalue weighted by Crippen LogP contribution is 1.96. The van der Waals surface area contributed by atoms with Crippen LogP contribution in [0.5, 0.6) is 0 Å². The smallest absolute Gasteiger partial charge is 0.354 e. The van der Waals surface area contributed by atoms with Crippen molar-refractivity contribution in [1.82, 2.24) is 9.13 Å². The van der Waals surface area contributed by atoms with E-state index in [2.05, 4.69) is 0 Å². The SMILES string of the molecule is CCCn1cc(C(=O)O)n(C)c1=O. The minimum Gasteiger partial charge on any atom is -0.477 e. The molecule has 0 aliphatic rings. The van der Waals surface area contributed by atoms with Crippen LogP contribution in [0.1, 0.15) is 23.8 Å². The predicted molar refractivity (Wildman–Crippen MR) is 46.9 cm³/mol. The third kappa shape index (κ3) is 1.63. The van der Waals surface area contributed by atoms with Gasteiger partial charge in [0.1, 0.15) is 5.69 Å². The molecule has 0 aliphatic heterocycles. The molecule has 0 amide bonds. The molecule has 1 rings (SSSR count). The van der Waals surface area contributed by atoms with E-state index in [1.807, 2.05) is 6.92 Å². The van der Waals surface area contributed by atoms with Gasteiger partial charge in [-0.15, -0.1) is 0 Å². The van der Waals surface area contributed by atoms with Gasteiger partial charge in [-0.25, -0.2) is 9.59 Å². The molecule has 0 saturated heterocycles. The highest BCUT2D eigenvalue weighted by atomic mass is 16.4. The van der Waals surface area contributed by atoms with Gasteiger partial charge in [0.25, 0.3) is 0 Å². The second kappa shape index (κ2) is 3.47. The summed E-state index contributed by atoms with van der Waals surface area (Å²) in [5.41, 5.74) is -0.252. The van der Waals surface area contributed by atoms with Crippen LogP contribution in [0.3, 0.4) is 0 Å². The molecule has 13 heavy (non-hydrogen) atoms. The van der Waals surface area contributed by atoms with Crippen molar-refractivity contribution < 1.29 is 9.90 Å². The van der Waals surface area contributed by atoms with E-state index in [1.165, 1.54) is 17.8 Å². The molecule has 0 atom stereocenters. The zero-order chi connectivity index (χ0) is 10.0. The highest BCUT2D eigenvalue weighted by Gasteiger charge is 2.12. The summed E-state index contributed by atoms with van der Waals surface area (Å²) in [6, 6.07) is 0. The third-order valence-electron chi connectivity index (χ3n) is 1.86. The molecule has 1 heterocycles. The third-order valence-corrected chi connectivity index (χ3v) is 1.86. The van der Waals surface area contributed by atoms with Crippen LogP contribution >= 0.6 is 0 Å². The Morgan fingerprint density at radius 1 is 1.62 bits per heavy atom. The molecule has 1 aromatic rings. The van der Waals surface area contributed by atoms with Crippen LogP contribution in [-0.4, -0.2) is 20.2 Å². The number of aryl methyl sites for hydroxylation is 1. The van der Waals surface area contributed by atoms with Crippen molar-refractivity contribution >= 4 is 5.97 Å². The van der Waals surface area contributed by atoms with Crippen molar-refractivity contribution in [3.63, 3.8) is 0 Å². The zero-order valence-electron chi connectivity index (χ0n) is 7.65. The molecule has 72 valence electrons. The van der Waals surface area contributed by atoms with Crippen LogP contribution in [0.25, 0.3) is 0 Å². The zero-order valence-corrected chi connectivity index (χ0v) is 7.65. The monoisotopic (exact) mass is 184 g/mol. The van der Waals surface area contributed by atoms with Crippen LogP contribution in [0.2, 0.25) is 0 Å². The first-order valence-electron chi connectivity index (χ1n) is 4.07. The van der Waals surface area contributed by atoms with E-state index in [-0.39, 0.29) is 11.4 Å². The predicted octanol–water partition coefficient (Wildman–Crippen LogP) is 0.295. The fraction of sp³-hybridized carbons (Fsp3) is 0.500. The molecule has 0 radical (unpaired) electrons. The van der Waals surface area contributed by atoms with Crippen LogP contribution in [0.15, 0.2) is 11.0 Å². The van der Waals surface area contributed by atoms with Crippen molar-refractivity contribution in [1.29, 1.82) is 0 Å². The second-order valence-corrected chi connectivity index (χ2v) is 2.85. The first kappa shape index (κ1) is 9.57. The molecule has 0 spiro atoms. The maximum Gasteiger partial charge on any atom is 0.354 e. The Bertz CT molecular complexity index is 375. The van der Waals surface area contributed by atoms with Gasteiger partial charge >= 0.3 is 11.7 Å². The van der Waals surface area contributed by atoms with Crippen LogP contribution in [0.4, 0.5) is 0 Å². The molecule has 1 aromatic heterocycles. The summed E-state index contributed by atoms with van der Waals surface area (Å²) >= 11 is 0. The molecule has 0 bridgehead atoms. The van der Waals surface area contributed by atoms with E-state index in [0.717, 1.165) is 11.0 Å². The minimum atomic E-state index is -1.07. The maximum absolute atomic E-state index is 11.3. The summed E-state index contributed by atoms with van der Waals surface area (Å²) in [5, 5.41) is 8.70. The summed E-state index contributed by atoms with van der Waals surface area (Å²) in [7, 11) is 1.46. The molecular weight excluding hydrogens is 172 g/mol. The number of carboxylic acids is 1. The second-order valence-electron chi connectivity index (χ2n) is 2.85. The molecule has 0 aromatic carbocycles. The van der Waals surface area contributed by atoms with Gasteiger partial charge in [0.05, 0.1) is 0 Å². The molecule has 0 saturated carbocycles. The van der Waals surface area contributed by atoms with Crippen molar-refractivity contribution in [2.45, 2.75) is 19.9 Å². The first-order chi connectivity index (χ1) is 6.07. The average molecular weight is 184 g/mol. The van der Waals surface area contributed by atoms with Crippen molar-refractivity contribution in [3.8, 4) is 0 Å². The fourth-order valence-corrected chi connectivity index (χ4v) is 1.18. The number of carboxylic acid groups (broad SMARTS) is 1. The number of hydrogen-bond acceptors (Lipinski definition) is 2. The Balaban J connectivity index is 3.20. The van der Waals surface area contributed by atoms with Crippen molar-refractivity contribution in [2.24, 2.45) is 7.05 Å². The number of aromatic carboxylic acids is 1. The number of rotatable bonds is 3. The Morgan fingerprint density at radius 2 is 2.23 bits per heavy atom. The van der Waals surface area contributed by atoms with Gasteiger partial charge in [-0.2, -0.15) is 0 Å². The average Bonchev–Trinajstić information content (AvgIpc) is 2.33. The molecule has 0 aliphatic carbocycles. The number of aromatic nitrogens is 2. The minimum absolute atomic E-state index is 0.0263. The number of nitrogens with zero attached hydrogens (tertiary/aromatic N) is 2. The Hall–Kier alpha value is -1.52. The highest BCUT2D eigenvalue weighted by molar-refractivity contribution is 5.85. The summed E-state index contributed by atoms with van der Waals surface area (Å²) in [6.45, 7) is 2.49. The topological polar surface area (TPSA) is 64.2 Å². The van der Waals surface area contributed by atoms with E-state index in [9.17, 15) is 9.59 Å². The van der Waals surface area contributed by atoms with Gasteiger partial charge in [0.2, 0.25) is 0 Å². The molecule has 1 N–H and O–H groups in total. The Kier molecular flexibility index (Phi) is 2.55. The summed E-state index contributed by atoms with van der Waals surface area (Å²) in [4.78, 5) is 22.0. The maximum atomic E-state index is 11.3. The van der Waals surface area contributed by atoms with E-state index >= 15 is 0 Å². The molecule has 0 fully saturated rings. The van der Waals surface area contributed by atoms with Crippen molar-refractivity contribution in [3.05, 3.63) is 22.4 Å². The fourth-order valence-electron chi connectivity index (χ4n) is 1.18. The lowest BCUT2D eigenvalue weighted by Crippen LogP contribution is -2.23. The molecule has 5 nitrogen and oxygen atoms in total. The molecule has 0 unspecified atom stereocenters. The number of hydrogen-bond donors (Lipinski definition) is 1. The van der Waals surface area contributed by atoms with Crippen LogP contribution in [-0.2, 0) is 13.6 Å². The van der Waals surface area contributed by atoms with Crippen LogP contribution in [0, 0.1) is 0 Å². The first-order valence-corrected chi connectivity index (χ1v) is 4.07. The van der Waals surface area contributed by atoms with Crippen LogP contribution < -0.4 is 5.69 Å².